The molecule has 1 aromatic heterocycles. The van der Waals surface area contributed by atoms with Gasteiger partial charge in [-0.1, -0.05) is 41.9 Å². The van der Waals surface area contributed by atoms with E-state index in [4.69, 9.17) is 25.8 Å². The molecule has 0 bridgehead atoms. The van der Waals surface area contributed by atoms with Gasteiger partial charge < -0.3 is 14.2 Å². The van der Waals surface area contributed by atoms with Gasteiger partial charge in [-0.15, -0.1) is 0 Å². The van der Waals surface area contributed by atoms with E-state index in [0.29, 0.717) is 34.5 Å². The third kappa shape index (κ3) is 4.64. The summed E-state index contributed by atoms with van der Waals surface area (Å²) in [5.41, 5.74) is 2.20. The smallest absolute Gasteiger partial charge is 0.344 e. The first kappa shape index (κ1) is 19.8. The summed E-state index contributed by atoms with van der Waals surface area (Å²) in [6.45, 7) is 4.00. The minimum atomic E-state index is -0.505. The molecule has 28 heavy (non-hydrogen) atoms. The van der Waals surface area contributed by atoms with Crippen molar-refractivity contribution < 1.29 is 19.0 Å². The fourth-order valence-corrected chi connectivity index (χ4v) is 2.94. The molecule has 1 heterocycles. The van der Waals surface area contributed by atoms with Crippen LogP contribution in [0.25, 0.3) is 5.69 Å². The molecule has 3 rings (SSSR count). The first-order valence-electron chi connectivity index (χ1n) is 8.89. The molecular weight excluding hydrogens is 380 g/mol. The van der Waals surface area contributed by atoms with Crippen LogP contribution in [0.2, 0.25) is 5.15 Å². The van der Waals surface area contributed by atoms with Crippen molar-refractivity contribution in [2.75, 3.05) is 13.2 Å². The van der Waals surface area contributed by atoms with E-state index in [-0.39, 0.29) is 13.2 Å². The summed E-state index contributed by atoms with van der Waals surface area (Å²) in [5.74, 6) is 0.572. The molecule has 0 unspecified atom stereocenters. The van der Waals surface area contributed by atoms with E-state index in [1.165, 1.54) is 0 Å². The monoisotopic (exact) mass is 400 g/mol. The van der Waals surface area contributed by atoms with E-state index < -0.39 is 5.97 Å². The quantitative estimate of drug-likeness (QED) is 0.526. The summed E-state index contributed by atoms with van der Waals surface area (Å²) in [6, 6.07) is 16.7. The van der Waals surface area contributed by atoms with Crippen molar-refractivity contribution in [3.8, 4) is 17.2 Å². The molecule has 7 heteroatoms. The molecule has 0 fully saturated rings. The lowest BCUT2D eigenvalue weighted by Crippen LogP contribution is -2.15. The number of nitrogens with zero attached hydrogens (tertiary/aromatic N) is 2. The second kappa shape index (κ2) is 9.28. The van der Waals surface area contributed by atoms with Crippen molar-refractivity contribution in [1.82, 2.24) is 9.78 Å². The number of hydrogen-bond acceptors (Lipinski definition) is 5. The number of para-hydroxylation sites is 3. The summed E-state index contributed by atoms with van der Waals surface area (Å²) in [5, 5.41) is 4.85. The highest BCUT2D eigenvalue weighted by atomic mass is 35.5. The lowest BCUT2D eigenvalue weighted by Gasteiger charge is -2.11. The number of aromatic nitrogens is 2. The first-order chi connectivity index (χ1) is 13.6. The molecule has 0 saturated carbocycles. The fourth-order valence-electron chi connectivity index (χ4n) is 2.61. The molecule has 3 aromatic rings. The number of halogens is 1. The summed E-state index contributed by atoms with van der Waals surface area (Å²) < 4.78 is 17.9. The van der Waals surface area contributed by atoms with E-state index in [1.807, 2.05) is 56.3 Å². The van der Waals surface area contributed by atoms with Gasteiger partial charge in [-0.2, -0.15) is 5.10 Å². The molecule has 0 saturated heterocycles. The number of aryl methyl sites for hydroxylation is 1. The third-order valence-electron chi connectivity index (χ3n) is 3.99. The molecule has 0 spiro atoms. The van der Waals surface area contributed by atoms with E-state index in [9.17, 15) is 4.79 Å². The zero-order chi connectivity index (χ0) is 19.9. The van der Waals surface area contributed by atoms with Crippen LogP contribution in [0.15, 0.2) is 54.6 Å². The Labute approximate surface area is 168 Å². The van der Waals surface area contributed by atoms with Crippen LogP contribution >= 0.6 is 11.6 Å². The molecule has 146 valence electrons. The highest BCUT2D eigenvalue weighted by molar-refractivity contribution is 6.30. The Balaban J connectivity index is 1.60. The van der Waals surface area contributed by atoms with Crippen molar-refractivity contribution in [2.45, 2.75) is 20.5 Å². The molecule has 0 aliphatic rings. The molecule has 0 amide bonds. The van der Waals surface area contributed by atoms with E-state index in [2.05, 4.69) is 5.10 Å². The number of ether oxygens (including phenoxy) is 3. The molecule has 0 aliphatic carbocycles. The van der Waals surface area contributed by atoms with E-state index in [1.54, 1.807) is 16.8 Å². The van der Waals surface area contributed by atoms with Crippen LogP contribution in [0.5, 0.6) is 11.5 Å². The molecular formula is C21H21ClN2O4. The highest BCUT2D eigenvalue weighted by Crippen LogP contribution is 2.27. The SMILES string of the molecule is CCOc1ccccc1OCC(=O)OCc1c(C)nn(-c2ccccc2)c1Cl. The minimum absolute atomic E-state index is 0.0206. The van der Waals surface area contributed by atoms with Crippen LogP contribution in [-0.4, -0.2) is 29.0 Å². The van der Waals surface area contributed by atoms with Crippen molar-refractivity contribution in [2.24, 2.45) is 0 Å². The van der Waals surface area contributed by atoms with Crippen LogP contribution in [0, 0.1) is 6.92 Å². The average molecular weight is 401 g/mol. The molecule has 2 aromatic carbocycles. The van der Waals surface area contributed by atoms with Gasteiger partial charge in [-0.05, 0) is 38.1 Å². The van der Waals surface area contributed by atoms with Gasteiger partial charge in [0.1, 0.15) is 11.8 Å². The van der Waals surface area contributed by atoms with Crippen LogP contribution < -0.4 is 9.47 Å². The third-order valence-corrected chi connectivity index (χ3v) is 4.38. The van der Waals surface area contributed by atoms with Gasteiger partial charge in [-0.3, -0.25) is 0 Å². The maximum atomic E-state index is 12.1. The Morgan fingerprint density at radius 3 is 2.36 bits per heavy atom. The topological polar surface area (TPSA) is 62.6 Å². The summed E-state index contributed by atoms with van der Waals surface area (Å²) >= 11 is 6.44. The van der Waals surface area contributed by atoms with Gasteiger partial charge >= 0.3 is 5.97 Å². The number of benzene rings is 2. The first-order valence-corrected chi connectivity index (χ1v) is 9.27. The van der Waals surface area contributed by atoms with Gasteiger partial charge in [-0.25, -0.2) is 9.48 Å². The Morgan fingerprint density at radius 2 is 1.68 bits per heavy atom. The predicted molar refractivity (Wildman–Crippen MR) is 106 cm³/mol. The van der Waals surface area contributed by atoms with Crippen LogP contribution in [-0.2, 0) is 16.1 Å². The average Bonchev–Trinajstić information content (AvgIpc) is 3.00. The number of carbonyl (C=O) groups is 1. The van der Waals surface area contributed by atoms with Gasteiger partial charge in [0, 0.05) is 5.56 Å². The Kier molecular flexibility index (Phi) is 6.55. The number of carbonyl (C=O) groups excluding carboxylic acids is 1. The summed E-state index contributed by atoms with van der Waals surface area (Å²) in [7, 11) is 0. The molecule has 6 nitrogen and oxygen atoms in total. The second-order valence-electron chi connectivity index (χ2n) is 5.93. The van der Waals surface area contributed by atoms with Crippen molar-refractivity contribution in [3.63, 3.8) is 0 Å². The van der Waals surface area contributed by atoms with Crippen LogP contribution in [0.4, 0.5) is 0 Å². The van der Waals surface area contributed by atoms with Gasteiger partial charge in [0.25, 0.3) is 0 Å². The zero-order valence-corrected chi connectivity index (χ0v) is 16.5. The molecule has 0 aliphatic heterocycles. The van der Waals surface area contributed by atoms with E-state index >= 15 is 0 Å². The largest absolute Gasteiger partial charge is 0.490 e. The van der Waals surface area contributed by atoms with Crippen molar-refractivity contribution in [1.29, 1.82) is 0 Å². The van der Waals surface area contributed by atoms with Crippen LogP contribution in [0.3, 0.4) is 0 Å². The zero-order valence-electron chi connectivity index (χ0n) is 15.7. The highest BCUT2D eigenvalue weighted by Gasteiger charge is 2.17. The van der Waals surface area contributed by atoms with Gasteiger partial charge in [0.05, 0.1) is 18.0 Å². The molecule has 0 atom stereocenters. The number of rotatable bonds is 8. The van der Waals surface area contributed by atoms with E-state index in [0.717, 1.165) is 5.69 Å². The Bertz CT molecular complexity index is 941. The molecule has 0 radical (unpaired) electrons. The van der Waals surface area contributed by atoms with Gasteiger partial charge in [0.2, 0.25) is 0 Å². The molecule has 0 N–H and O–H groups in total. The Hall–Kier alpha value is -2.99. The maximum Gasteiger partial charge on any atom is 0.344 e. The summed E-state index contributed by atoms with van der Waals surface area (Å²) in [6.07, 6.45) is 0. The minimum Gasteiger partial charge on any atom is -0.490 e. The fraction of sp³-hybridized carbons (Fsp3) is 0.238. The maximum absolute atomic E-state index is 12.1. The lowest BCUT2D eigenvalue weighted by atomic mass is 10.3. The van der Waals surface area contributed by atoms with Crippen molar-refractivity contribution in [3.05, 3.63) is 71.0 Å². The second-order valence-corrected chi connectivity index (χ2v) is 6.29. The van der Waals surface area contributed by atoms with Crippen LogP contribution in [0.1, 0.15) is 18.2 Å². The lowest BCUT2D eigenvalue weighted by molar-refractivity contribution is -0.147. The standard InChI is InChI=1S/C21H21ClN2O4/c1-3-26-18-11-7-8-12-19(18)27-14-20(25)28-13-17-15(2)23-24(21(17)22)16-9-5-4-6-10-16/h4-12H,3,13-14H2,1-2H3. The van der Waals surface area contributed by atoms with Gasteiger partial charge in [0.15, 0.2) is 18.1 Å². The van der Waals surface area contributed by atoms with Crippen molar-refractivity contribution >= 4 is 17.6 Å². The number of hydrogen-bond donors (Lipinski definition) is 0. The number of esters is 1. The predicted octanol–water partition coefficient (Wildman–Crippen LogP) is 4.36. The normalized spacial score (nSPS) is 10.5. The summed E-state index contributed by atoms with van der Waals surface area (Å²) in [4.78, 5) is 12.1. The Morgan fingerprint density at radius 1 is 1.04 bits per heavy atom.